The molecule has 0 bridgehead atoms. The smallest absolute Gasteiger partial charge is 0.125 e. The molecule has 2 aromatic rings. The van der Waals surface area contributed by atoms with Crippen molar-refractivity contribution in [1.29, 1.82) is 0 Å². The van der Waals surface area contributed by atoms with Crippen LogP contribution in [0.25, 0.3) is 0 Å². The first kappa shape index (κ1) is 16.2. The monoisotopic (exact) mass is 322 g/mol. The van der Waals surface area contributed by atoms with E-state index in [2.05, 4.69) is 32.0 Å². The summed E-state index contributed by atoms with van der Waals surface area (Å²) in [7, 11) is 1.64. The second-order valence-electron chi connectivity index (χ2n) is 4.98. The van der Waals surface area contributed by atoms with E-state index in [9.17, 15) is 0 Å². The van der Waals surface area contributed by atoms with Gasteiger partial charge in [-0.3, -0.25) is 0 Å². The zero-order valence-corrected chi connectivity index (χ0v) is 14.1. The van der Waals surface area contributed by atoms with Crippen molar-refractivity contribution >= 4 is 23.2 Å². The van der Waals surface area contributed by atoms with E-state index in [0.29, 0.717) is 5.02 Å². The molecule has 0 aliphatic carbocycles. The van der Waals surface area contributed by atoms with Crippen LogP contribution in [0.1, 0.15) is 41.5 Å². The van der Waals surface area contributed by atoms with Gasteiger partial charge < -0.3 is 4.74 Å². The van der Waals surface area contributed by atoms with Crippen LogP contribution in [0.3, 0.4) is 0 Å². The number of aryl methyl sites for hydroxylation is 2. The lowest BCUT2D eigenvalue weighted by molar-refractivity contribution is 0.410. The summed E-state index contributed by atoms with van der Waals surface area (Å²) in [6.07, 6.45) is 2.05. The third-order valence-corrected chi connectivity index (χ3v) is 4.48. The molecule has 3 heteroatoms. The lowest BCUT2D eigenvalue weighted by Gasteiger charge is -2.17. The normalized spacial score (nSPS) is 12.2. The van der Waals surface area contributed by atoms with Crippen LogP contribution < -0.4 is 4.74 Å². The van der Waals surface area contributed by atoms with Crippen molar-refractivity contribution in [2.45, 2.75) is 32.1 Å². The highest BCUT2D eigenvalue weighted by Gasteiger charge is 2.17. The third-order valence-electron chi connectivity index (χ3n) is 3.75. The van der Waals surface area contributed by atoms with Gasteiger partial charge in [-0.25, -0.2) is 0 Å². The zero-order chi connectivity index (χ0) is 15.4. The van der Waals surface area contributed by atoms with Gasteiger partial charge in [0.15, 0.2) is 0 Å². The first-order valence-electron chi connectivity index (χ1n) is 7.19. The molecular weight excluding hydrogens is 303 g/mol. The molecule has 0 spiro atoms. The summed E-state index contributed by atoms with van der Waals surface area (Å²) < 4.78 is 5.40. The second-order valence-corrected chi connectivity index (χ2v) is 5.86. The van der Waals surface area contributed by atoms with Gasteiger partial charge in [-0.2, -0.15) is 0 Å². The average molecular weight is 323 g/mol. The van der Waals surface area contributed by atoms with E-state index in [1.165, 1.54) is 11.1 Å². The Balaban J connectivity index is 2.42. The van der Waals surface area contributed by atoms with Crippen LogP contribution in [0.2, 0.25) is 5.02 Å². The molecule has 0 aromatic heterocycles. The first-order valence-corrected chi connectivity index (χ1v) is 8.01. The van der Waals surface area contributed by atoms with Gasteiger partial charge in [0.1, 0.15) is 5.75 Å². The van der Waals surface area contributed by atoms with Crippen LogP contribution in [0, 0.1) is 0 Å². The Bertz CT molecular complexity index is 623. The van der Waals surface area contributed by atoms with Gasteiger partial charge in [0.2, 0.25) is 0 Å². The highest BCUT2D eigenvalue weighted by atomic mass is 35.5. The number of benzene rings is 2. The predicted molar refractivity (Wildman–Crippen MR) is 90.9 cm³/mol. The fraction of sp³-hybridized carbons (Fsp3) is 0.333. The molecule has 2 rings (SSSR count). The van der Waals surface area contributed by atoms with Crippen molar-refractivity contribution < 1.29 is 4.74 Å². The minimum atomic E-state index is -0.242. The Morgan fingerprint density at radius 3 is 2.33 bits per heavy atom. The maximum atomic E-state index is 6.67. The van der Waals surface area contributed by atoms with Gasteiger partial charge in [0, 0.05) is 10.6 Å². The number of rotatable bonds is 5. The summed E-state index contributed by atoms with van der Waals surface area (Å²) in [4.78, 5) is 0. The van der Waals surface area contributed by atoms with Crippen molar-refractivity contribution in [3.63, 3.8) is 0 Å². The van der Waals surface area contributed by atoms with E-state index >= 15 is 0 Å². The van der Waals surface area contributed by atoms with E-state index in [4.69, 9.17) is 27.9 Å². The lowest BCUT2D eigenvalue weighted by Crippen LogP contribution is -2.00. The fourth-order valence-corrected chi connectivity index (χ4v) is 3.03. The molecule has 0 amide bonds. The van der Waals surface area contributed by atoms with Crippen LogP contribution in [-0.4, -0.2) is 7.11 Å². The average Bonchev–Trinajstić information content (AvgIpc) is 2.53. The molecule has 0 aliphatic heterocycles. The van der Waals surface area contributed by atoms with Crippen LogP contribution in [-0.2, 0) is 12.8 Å². The van der Waals surface area contributed by atoms with E-state index in [0.717, 1.165) is 29.7 Å². The second kappa shape index (κ2) is 7.20. The molecule has 2 aromatic carbocycles. The van der Waals surface area contributed by atoms with E-state index in [-0.39, 0.29) is 5.38 Å². The third kappa shape index (κ3) is 3.53. The molecule has 1 atom stereocenters. The molecule has 1 unspecified atom stereocenters. The first-order chi connectivity index (χ1) is 10.1. The maximum absolute atomic E-state index is 6.67. The van der Waals surface area contributed by atoms with Crippen molar-refractivity contribution in [3.05, 3.63) is 63.7 Å². The summed E-state index contributed by atoms with van der Waals surface area (Å²) in [6, 6.07) is 12.0. The standard InChI is InChI=1S/C18H20Cl2O/c1-4-12-6-7-14(10-13(12)5-2)18(20)16-9-8-15(19)11-17(16)21-3/h6-11,18H,4-5H2,1-3H3. The quantitative estimate of drug-likeness (QED) is 0.632. The SMILES string of the molecule is CCc1ccc(C(Cl)c2ccc(Cl)cc2OC)cc1CC. The Kier molecular flexibility index (Phi) is 5.55. The molecule has 0 N–H and O–H groups in total. The molecule has 1 nitrogen and oxygen atoms in total. The summed E-state index contributed by atoms with van der Waals surface area (Å²) in [5.41, 5.74) is 4.77. The molecule has 0 radical (unpaired) electrons. The van der Waals surface area contributed by atoms with Gasteiger partial charge >= 0.3 is 0 Å². The summed E-state index contributed by atoms with van der Waals surface area (Å²) >= 11 is 12.7. The number of alkyl halides is 1. The Labute approximate surface area is 136 Å². The van der Waals surface area contributed by atoms with E-state index in [1.54, 1.807) is 13.2 Å². The molecule has 0 heterocycles. The Morgan fingerprint density at radius 1 is 1.00 bits per heavy atom. The van der Waals surface area contributed by atoms with Crippen LogP contribution in [0.5, 0.6) is 5.75 Å². The molecule has 21 heavy (non-hydrogen) atoms. The lowest BCUT2D eigenvalue weighted by atomic mass is 9.96. The van der Waals surface area contributed by atoms with E-state index in [1.807, 2.05) is 12.1 Å². The van der Waals surface area contributed by atoms with Crippen molar-refractivity contribution in [3.8, 4) is 5.75 Å². The number of hydrogen-bond acceptors (Lipinski definition) is 1. The molecule has 0 aliphatic rings. The Hall–Kier alpha value is -1.18. The van der Waals surface area contributed by atoms with Gasteiger partial charge in [0.25, 0.3) is 0 Å². The van der Waals surface area contributed by atoms with Gasteiger partial charge in [-0.15, -0.1) is 11.6 Å². The number of halogens is 2. The summed E-state index contributed by atoms with van der Waals surface area (Å²) in [5.74, 6) is 0.722. The maximum Gasteiger partial charge on any atom is 0.125 e. The molecule has 112 valence electrons. The minimum Gasteiger partial charge on any atom is -0.496 e. The van der Waals surface area contributed by atoms with E-state index < -0.39 is 0 Å². The summed E-state index contributed by atoms with van der Waals surface area (Å²) in [5, 5.41) is 0.406. The molecule has 0 saturated heterocycles. The van der Waals surface area contributed by atoms with Crippen molar-refractivity contribution in [1.82, 2.24) is 0 Å². The van der Waals surface area contributed by atoms with Crippen LogP contribution in [0.15, 0.2) is 36.4 Å². The van der Waals surface area contributed by atoms with Gasteiger partial charge in [0.05, 0.1) is 12.5 Å². The highest BCUT2D eigenvalue weighted by Crippen LogP contribution is 2.37. The van der Waals surface area contributed by atoms with Gasteiger partial charge in [-0.05, 0) is 41.7 Å². The van der Waals surface area contributed by atoms with Crippen molar-refractivity contribution in [2.24, 2.45) is 0 Å². The largest absolute Gasteiger partial charge is 0.496 e. The minimum absolute atomic E-state index is 0.242. The number of ether oxygens (including phenoxy) is 1. The predicted octanol–water partition coefficient (Wildman–Crippen LogP) is 5.80. The van der Waals surface area contributed by atoms with Crippen LogP contribution >= 0.6 is 23.2 Å². The van der Waals surface area contributed by atoms with Crippen molar-refractivity contribution in [2.75, 3.05) is 7.11 Å². The Morgan fingerprint density at radius 2 is 1.71 bits per heavy atom. The molecule has 0 saturated carbocycles. The number of hydrogen-bond donors (Lipinski definition) is 0. The zero-order valence-electron chi connectivity index (χ0n) is 12.6. The van der Waals surface area contributed by atoms with Crippen LogP contribution in [0.4, 0.5) is 0 Å². The highest BCUT2D eigenvalue weighted by molar-refractivity contribution is 6.30. The number of methoxy groups -OCH3 is 1. The summed E-state index contributed by atoms with van der Waals surface area (Å²) in [6.45, 7) is 4.35. The molecular formula is C18H20Cl2O. The topological polar surface area (TPSA) is 9.23 Å². The van der Waals surface area contributed by atoms with Gasteiger partial charge in [-0.1, -0.05) is 49.7 Å². The fourth-order valence-electron chi connectivity index (χ4n) is 2.55. The molecule has 0 fully saturated rings.